The number of nitro groups is 1. The Bertz CT molecular complexity index is 1230. The predicted octanol–water partition coefficient (Wildman–Crippen LogP) is 4.86. The third-order valence-electron chi connectivity index (χ3n) is 5.61. The molecule has 0 atom stereocenters. The second-order valence-corrected chi connectivity index (χ2v) is 8.56. The van der Waals surface area contributed by atoms with E-state index in [0.717, 1.165) is 28.9 Å². The lowest BCUT2D eigenvalue weighted by molar-refractivity contribution is -0.402. The van der Waals surface area contributed by atoms with Crippen molar-refractivity contribution >= 4 is 23.4 Å². The normalized spacial score (nSPS) is 15.1. The molecule has 2 heterocycles. The number of ether oxygens (including phenoxy) is 3. The van der Waals surface area contributed by atoms with E-state index in [1.165, 1.54) is 48.9 Å². The Labute approximate surface area is 200 Å². The molecule has 1 saturated carbocycles. The lowest BCUT2D eigenvalue weighted by atomic mass is 9.96. The van der Waals surface area contributed by atoms with Crippen LogP contribution in [0.4, 0.5) is 5.88 Å². The van der Waals surface area contributed by atoms with Crippen LogP contribution in [0.3, 0.4) is 0 Å². The Morgan fingerprint density at radius 2 is 1.82 bits per heavy atom. The van der Waals surface area contributed by atoms with E-state index in [1.807, 2.05) is 17.5 Å². The highest BCUT2D eigenvalue weighted by atomic mass is 32.1. The number of methoxy groups -OCH3 is 3. The van der Waals surface area contributed by atoms with Gasteiger partial charge in [0.25, 0.3) is 0 Å². The lowest BCUT2D eigenvalue weighted by Gasteiger charge is -2.17. The molecule has 1 aromatic carbocycles. The second-order valence-electron chi connectivity index (χ2n) is 7.73. The summed E-state index contributed by atoms with van der Waals surface area (Å²) in [6.45, 7) is 0. The maximum atomic E-state index is 10.9. The summed E-state index contributed by atoms with van der Waals surface area (Å²) < 4.78 is 23.4. The van der Waals surface area contributed by atoms with E-state index in [4.69, 9.17) is 23.6 Å². The first kappa shape index (κ1) is 23.6. The molecule has 3 aromatic rings. The van der Waals surface area contributed by atoms with Gasteiger partial charge in [0.1, 0.15) is 4.92 Å². The van der Waals surface area contributed by atoms with Crippen molar-refractivity contribution in [1.82, 2.24) is 4.68 Å². The first-order chi connectivity index (χ1) is 16.5. The van der Waals surface area contributed by atoms with Crippen LogP contribution in [0.2, 0.25) is 0 Å². The summed E-state index contributed by atoms with van der Waals surface area (Å²) in [5.41, 5.74) is 1.55. The molecule has 0 unspecified atom stereocenters. The van der Waals surface area contributed by atoms with Crippen LogP contribution in [0.5, 0.6) is 17.2 Å². The quantitative estimate of drug-likeness (QED) is 0.255. The molecule has 34 heavy (non-hydrogen) atoms. The zero-order valence-electron chi connectivity index (χ0n) is 19.2. The van der Waals surface area contributed by atoms with Gasteiger partial charge in [-0.15, -0.1) is 11.3 Å². The van der Waals surface area contributed by atoms with E-state index in [9.17, 15) is 10.1 Å². The molecule has 10 nitrogen and oxygen atoms in total. The van der Waals surface area contributed by atoms with Crippen LogP contribution in [-0.2, 0) is 0 Å². The van der Waals surface area contributed by atoms with Crippen LogP contribution in [0.15, 0.2) is 44.2 Å². The average molecular weight is 487 g/mol. The van der Waals surface area contributed by atoms with Gasteiger partial charge in [0.2, 0.25) is 10.6 Å². The molecule has 11 heteroatoms. The zero-order chi connectivity index (χ0) is 24.1. The highest BCUT2D eigenvalue weighted by molar-refractivity contribution is 7.07. The molecule has 0 N–H and O–H groups in total. The molecule has 1 fully saturated rings. The van der Waals surface area contributed by atoms with Gasteiger partial charge in [-0.3, -0.25) is 15.1 Å². The molecule has 4 rings (SSSR count). The summed E-state index contributed by atoms with van der Waals surface area (Å²) in [6, 6.07) is 6.74. The van der Waals surface area contributed by atoms with Gasteiger partial charge in [0, 0.05) is 10.9 Å². The van der Waals surface area contributed by atoms with Gasteiger partial charge < -0.3 is 18.6 Å². The Morgan fingerprint density at radius 3 is 2.41 bits per heavy atom. The molecule has 1 aliphatic rings. The third-order valence-corrected chi connectivity index (χ3v) is 6.44. The summed E-state index contributed by atoms with van der Waals surface area (Å²) >= 11 is 1.48. The van der Waals surface area contributed by atoms with Crippen LogP contribution in [0.25, 0.3) is 11.3 Å². The molecule has 1 aliphatic carbocycles. The highest BCUT2D eigenvalue weighted by Crippen LogP contribution is 2.41. The summed E-state index contributed by atoms with van der Waals surface area (Å²) in [6.07, 6.45) is 7.11. The topological polar surface area (TPSA) is 114 Å². The van der Waals surface area contributed by atoms with Gasteiger partial charge in [-0.2, -0.15) is 5.10 Å². The minimum atomic E-state index is -0.583. The molecule has 2 aromatic heterocycles. The van der Waals surface area contributed by atoms with Crippen molar-refractivity contribution < 1.29 is 23.6 Å². The smallest absolute Gasteiger partial charge is 0.433 e. The first-order valence-electron chi connectivity index (χ1n) is 10.9. The largest absolute Gasteiger partial charge is 0.493 e. The molecule has 0 aliphatic heterocycles. The van der Waals surface area contributed by atoms with Gasteiger partial charge >= 0.3 is 5.88 Å². The van der Waals surface area contributed by atoms with Gasteiger partial charge in [0.05, 0.1) is 45.3 Å². The van der Waals surface area contributed by atoms with E-state index < -0.39 is 4.92 Å². The number of hydrogen-bond donors (Lipinski definition) is 0. The van der Waals surface area contributed by atoms with Crippen molar-refractivity contribution in [2.45, 2.75) is 38.1 Å². The van der Waals surface area contributed by atoms with Crippen molar-refractivity contribution in [3.8, 4) is 28.5 Å². The summed E-state index contributed by atoms with van der Waals surface area (Å²) in [5, 5.41) is 17.5. The molecule has 180 valence electrons. The maximum Gasteiger partial charge on any atom is 0.433 e. The fourth-order valence-electron chi connectivity index (χ4n) is 3.92. The van der Waals surface area contributed by atoms with Crippen molar-refractivity contribution in [2.75, 3.05) is 21.3 Å². The van der Waals surface area contributed by atoms with Crippen molar-refractivity contribution in [2.24, 2.45) is 10.1 Å². The third kappa shape index (κ3) is 4.98. The van der Waals surface area contributed by atoms with Gasteiger partial charge in [-0.25, -0.2) is 4.68 Å². The van der Waals surface area contributed by atoms with Crippen molar-refractivity contribution in [3.63, 3.8) is 0 Å². The molecule has 0 spiro atoms. The number of thiazole rings is 1. The number of hydrogen-bond acceptors (Lipinski definition) is 9. The number of furan rings is 1. The van der Waals surface area contributed by atoms with Gasteiger partial charge in [-0.1, -0.05) is 19.3 Å². The molecular weight excluding hydrogens is 460 g/mol. The van der Waals surface area contributed by atoms with E-state index in [0.29, 0.717) is 17.2 Å². The first-order valence-corrected chi connectivity index (χ1v) is 11.8. The molecule has 0 radical (unpaired) electrons. The van der Waals surface area contributed by atoms with Crippen LogP contribution < -0.4 is 19.0 Å². The van der Waals surface area contributed by atoms with Crippen molar-refractivity contribution in [3.05, 3.63) is 50.3 Å². The van der Waals surface area contributed by atoms with Crippen molar-refractivity contribution in [1.29, 1.82) is 0 Å². The Hall–Kier alpha value is -3.60. The number of rotatable bonds is 8. The van der Waals surface area contributed by atoms with E-state index in [2.05, 4.69) is 5.10 Å². The zero-order valence-corrected chi connectivity index (χ0v) is 20.0. The minimum Gasteiger partial charge on any atom is -0.493 e. The van der Waals surface area contributed by atoms with E-state index in [1.54, 1.807) is 26.0 Å². The standard InChI is InChI=1S/C23H26N4O6S/c1-30-19-11-15(12-20(31-2)22(19)32-3)18-14-34-23(25-16-7-5-4-6-8-16)26(18)24-13-17-9-10-21(33-17)27(28)29/h9-14,16H,4-8H2,1-3H3. The average Bonchev–Trinajstić information content (AvgIpc) is 3.49. The summed E-state index contributed by atoms with van der Waals surface area (Å²) in [7, 11) is 4.68. The monoisotopic (exact) mass is 486 g/mol. The Kier molecular flexibility index (Phi) is 7.31. The van der Waals surface area contributed by atoms with Crippen LogP contribution in [0, 0.1) is 10.1 Å². The fourth-order valence-corrected chi connectivity index (χ4v) is 4.83. The van der Waals surface area contributed by atoms with Gasteiger partial charge in [0.15, 0.2) is 17.3 Å². The molecular formula is C23H26N4O6S. The van der Waals surface area contributed by atoms with Gasteiger partial charge in [-0.05, 0) is 31.0 Å². The van der Waals surface area contributed by atoms with Crippen LogP contribution in [0.1, 0.15) is 37.9 Å². The van der Waals surface area contributed by atoms with E-state index in [-0.39, 0.29) is 17.7 Å². The second kappa shape index (κ2) is 10.6. The highest BCUT2D eigenvalue weighted by Gasteiger charge is 2.18. The number of benzene rings is 1. The van der Waals surface area contributed by atoms with Crippen LogP contribution in [-0.4, -0.2) is 43.2 Å². The molecule has 0 bridgehead atoms. The SMILES string of the molecule is COc1cc(-c2csc(=NC3CCCCC3)n2N=Cc2ccc([N+](=O)[O-])o2)cc(OC)c1OC. The maximum absolute atomic E-state index is 10.9. The van der Waals surface area contributed by atoms with E-state index >= 15 is 0 Å². The minimum absolute atomic E-state index is 0.242. The molecule has 0 amide bonds. The summed E-state index contributed by atoms with van der Waals surface area (Å²) in [5.74, 6) is 1.46. The lowest BCUT2D eigenvalue weighted by Crippen LogP contribution is -2.19. The Morgan fingerprint density at radius 1 is 1.12 bits per heavy atom. The predicted molar refractivity (Wildman–Crippen MR) is 128 cm³/mol. The number of aromatic nitrogens is 1. The number of nitrogens with zero attached hydrogens (tertiary/aromatic N) is 4. The fraction of sp³-hybridized carbons (Fsp3) is 0.391. The molecule has 0 saturated heterocycles. The van der Waals surface area contributed by atoms with Crippen LogP contribution >= 0.6 is 11.3 Å². The Balaban J connectivity index is 1.82. The summed E-state index contributed by atoms with van der Waals surface area (Å²) in [4.78, 5) is 16.1.